The standard InChI is InChI=1S/C83H162O17P2/c1-5-9-13-17-21-25-29-32-34-36-38-39-41-43-46-50-54-58-62-66-70-83(88)100-79(74-94-81(86)68-64-60-56-52-48-45-42-40-37-35-33-30-26-22-18-14-10-6-2)76-98-102(91,92)96-72-77(84)71-95-101(89,90)97-75-78(73-93-80(85)67-63-59-55-51-47-28-24-20-16-12-8-4)99-82(87)69-65-61-57-53-49-44-31-27-23-19-15-11-7-3/h77-79,84H,5-76H2,1-4H3,(H,89,90)(H,91,92)/t77-,78+,79+/m0/s1. The molecule has 0 aromatic rings. The quantitative estimate of drug-likeness (QED) is 0.0222. The van der Waals surface area contributed by atoms with Crippen LogP contribution >= 0.6 is 15.6 Å². The normalized spacial score (nSPS) is 13.8. The third-order valence-corrected chi connectivity index (χ3v) is 21.5. The highest BCUT2D eigenvalue weighted by molar-refractivity contribution is 7.47. The molecular weight excluding hydrogens is 1330 g/mol. The highest BCUT2D eigenvalue weighted by atomic mass is 31.2. The van der Waals surface area contributed by atoms with Gasteiger partial charge in [0.05, 0.1) is 26.4 Å². The van der Waals surface area contributed by atoms with Crippen LogP contribution in [0.1, 0.15) is 451 Å². The van der Waals surface area contributed by atoms with E-state index >= 15 is 0 Å². The molecule has 0 heterocycles. The molecule has 0 saturated heterocycles. The zero-order valence-electron chi connectivity index (χ0n) is 66.6. The highest BCUT2D eigenvalue weighted by Gasteiger charge is 2.30. The van der Waals surface area contributed by atoms with E-state index in [2.05, 4.69) is 27.7 Å². The zero-order chi connectivity index (χ0) is 74.6. The van der Waals surface area contributed by atoms with Gasteiger partial charge in [-0.15, -0.1) is 0 Å². The largest absolute Gasteiger partial charge is 0.472 e. The first-order valence-corrected chi connectivity index (χ1v) is 46.3. The summed E-state index contributed by atoms with van der Waals surface area (Å²) in [7, 11) is -9.92. The van der Waals surface area contributed by atoms with E-state index in [-0.39, 0.29) is 25.7 Å². The number of aliphatic hydroxyl groups is 1. The van der Waals surface area contributed by atoms with Crippen LogP contribution in [0, 0.1) is 0 Å². The fourth-order valence-corrected chi connectivity index (χ4v) is 14.6. The Kier molecular flexibility index (Phi) is 75.8. The third-order valence-electron chi connectivity index (χ3n) is 19.6. The number of hydrogen-bond acceptors (Lipinski definition) is 15. The van der Waals surface area contributed by atoms with Crippen LogP contribution in [0.5, 0.6) is 0 Å². The van der Waals surface area contributed by atoms with E-state index < -0.39 is 97.5 Å². The van der Waals surface area contributed by atoms with Crippen molar-refractivity contribution in [1.29, 1.82) is 0 Å². The van der Waals surface area contributed by atoms with Crippen LogP contribution in [0.3, 0.4) is 0 Å². The minimum atomic E-state index is -4.96. The molecular formula is C83H162O17P2. The van der Waals surface area contributed by atoms with E-state index in [1.807, 2.05) is 0 Å². The summed E-state index contributed by atoms with van der Waals surface area (Å²) in [6, 6.07) is 0. The molecule has 0 amide bonds. The average Bonchev–Trinajstić information content (AvgIpc) is 0.908. The smallest absolute Gasteiger partial charge is 0.462 e. The second-order valence-corrected chi connectivity index (χ2v) is 32.8. The van der Waals surface area contributed by atoms with Gasteiger partial charge in [0.1, 0.15) is 19.3 Å². The molecule has 0 aromatic carbocycles. The van der Waals surface area contributed by atoms with E-state index in [4.69, 9.17) is 37.0 Å². The summed E-state index contributed by atoms with van der Waals surface area (Å²) < 4.78 is 68.8. The number of unbranched alkanes of at least 4 members (excludes halogenated alkanes) is 58. The number of carbonyl (C=O) groups is 4. The Morgan fingerprint density at radius 3 is 0.578 bits per heavy atom. The van der Waals surface area contributed by atoms with Gasteiger partial charge in [0.25, 0.3) is 0 Å². The molecule has 0 radical (unpaired) electrons. The molecule has 0 bridgehead atoms. The number of esters is 4. The molecule has 0 rings (SSSR count). The number of hydrogen-bond donors (Lipinski definition) is 3. The van der Waals surface area contributed by atoms with Crippen molar-refractivity contribution < 1.29 is 80.2 Å². The molecule has 0 spiro atoms. The molecule has 0 saturated carbocycles. The molecule has 0 aliphatic carbocycles. The molecule has 3 N–H and O–H groups in total. The van der Waals surface area contributed by atoms with Crippen LogP contribution < -0.4 is 0 Å². The number of aliphatic hydroxyl groups excluding tert-OH is 1. The summed E-state index contributed by atoms with van der Waals surface area (Å²) in [6.45, 7) is 5.04. The van der Waals surface area contributed by atoms with Gasteiger partial charge in [0, 0.05) is 25.7 Å². The van der Waals surface area contributed by atoms with Crippen LogP contribution in [-0.4, -0.2) is 96.7 Å². The molecule has 0 aromatic heterocycles. The van der Waals surface area contributed by atoms with Crippen LogP contribution in [0.4, 0.5) is 0 Å². The predicted octanol–water partition coefficient (Wildman–Crippen LogP) is 25.4. The van der Waals surface area contributed by atoms with Crippen molar-refractivity contribution >= 4 is 39.5 Å². The summed E-state index contributed by atoms with van der Waals surface area (Å²) >= 11 is 0. The Balaban J connectivity index is 5.23. The Bertz CT molecular complexity index is 1930. The molecule has 17 nitrogen and oxygen atoms in total. The predicted molar refractivity (Wildman–Crippen MR) is 419 cm³/mol. The lowest BCUT2D eigenvalue weighted by atomic mass is 10.0. The van der Waals surface area contributed by atoms with Crippen molar-refractivity contribution in [1.82, 2.24) is 0 Å². The van der Waals surface area contributed by atoms with E-state index in [1.165, 1.54) is 283 Å². The minimum absolute atomic E-state index is 0.109. The van der Waals surface area contributed by atoms with Crippen LogP contribution in [0.25, 0.3) is 0 Å². The Morgan fingerprint density at radius 1 is 0.235 bits per heavy atom. The summed E-state index contributed by atoms with van der Waals surface area (Å²) in [5.74, 6) is -2.10. The number of carbonyl (C=O) groups excluding carboxylic acids is 4. The molecule has 5 atom stereocenters. The van der Waals surface area contributed by atoms with E-state index in [0.29, 0.717) is 25.7 Å². The highest BCUT2D eigenvalue weighted by Crippen LogP contribution is 2.45. The van der Waals surface area contributed by atoms with Crippen LogP contribution in [0.2, 0.25) is 0 Å². The molecule has 0 fully saturated rings. The summed E-state index contributed by atoms with van der Waals surface area (Å²) in [4.78, 5) is 73.1. The summed E-state index contributed by atoms with van der Waals surface area (Å²) in [5, 5.41) is 10.7. The van der Waals surface area contributed by atoms with Crippen molar-refractivity contribution in [2.75, 3.05) is 39.6 Å². The second kappa shape index (κ2) is 77.2. The molecule has 606 valence electrons. The SMILES string of the molecule is CCCCCCCCCCCCCCCCCCCCCCC(=O)O[C@H](COC(=O)CCCCCCCCCCCCCCCCCCCC)COP(=O)(O)OC[C@@H](O)COP(=O)(O)OC[C@@H](COC(=O)CCCCCCCCCCCCC)OC(=O)CCCCCCCCCCCCCCC. The lowest BCUT2D eigenvalue weighted by Crippen LogP contribution is -2.30. The van der Waals surface area contributed by atoms with Gasteiger partial charge in [-0.25, -0.2) is 9.13 Å². The maximum absolute atomic E-state index is 13.1. The van der Waals surface area contributed by atoms with E-state index in [0.717, 1.165) is 89.9 Å². The first-order valence-electron chi connectivity index (χ1n) is 43.3. The molecule has 102 heavy (non-hydrogen) atoms. The van der Waals surface area contributed by atoms with Crippen molar-refractivity contribution in [3.8, 4) is 0 Å². The summed E-state index contributed by atoms with van der Waals surface area (Å²) in [5.41, 5.74) is 0. The fraction of sp³-hybridized carbons (Fsp3) is 0.952. The maximum Gasteiger partial charge on any atom is 0.472 e. The van der Waals surface area contributed by atoms with Gasteiger partial charge in [-0.1, -0.05) is 400 Å². The Labute approximate surface area is 626 Å². The monoisotopic (exact) mass is 1490 g/mol. The van der Waals surface area contributed by atoms with E-state index in [1.54, 1.807) is 0 Å². The molecule has 19 heteroatoms. The molecule has 2 unspecified atom stereocenters. The Morgan fingerprint density at radius 2 is 0.392 bits per heavy atom. The van der Waals surface area contributed by atoms with Gasteiger partial charge in [0.15, 0.2) is 12.2 Å². The zero-order valence-corrected chi connectivity index (χ0v) is 68.4. The van der Waals surface area contributed by atoms with Crippen molar-refractivity contribution in [3.05, 3.63) is 0 Å². The van der Waals surface area contributed by atoms with Gasteiger partial charge < -0.3 is 33.8 Å². The van der Waals surface area contributed by atoms with Gasteiger partial charge >= 0.3 is 39.5 Å². The van der Waals surface area contributed by atoms with Crippen LogP contribution in [0.15, 0.2) is 0 Å². The first-order chi connectivity index (χ1) is 49.7. The molecule has 0 aliphatic rings. The summed E-state index contributed by atoms with van der Waals surface area (Å²) in [6.07, 6.45) is 70.7. The minimum Gasteiger partial charge on any atom is -0.462 e. The number of rotatable bonds is 84. The van der Waals surface area contributed by atoms with Gasteiger partial charge in [-0.2, -0.15) is 0 Å². The second-order valence-electron chi connectivity index (χ2n) is 29.9. The molecule has 0 aliphatic heterocycles. The van der Waals surface area contributed by atoms with Gasteiger partial charge in [-0.3, -0.25) is 37.3 Å². The van der Waals surface area contributed by atoms with Crippen molar-refractivity contribution in [2.24, 2.45) is 0 Å². The van der Waals surface area contributed by atoms with Crippen molar-refractivity contribution in [2.45, 2.75) is 470 Å². The lowest BCUT2D eigenvalue weighted by molar-refractivity contribution is -0.161. The number of phosphoric ester groups is 2. The Hall–Kier alpha value is -1.94. The van der Waals surface area contributed by atoms with Crippen LogP contribution in [-0.2, 0) is 65.4 Å². The first kappa shape index (κ1) is 100. The van der Waals surface area contributed by atoms with Gasteiger partial charge in [-0.05, 0) is 25.7 Å². The number of phosphoric acid groups is 2. The topological polar surface area (TPSA) is 237 Å². The fourth-order valence-electron chi connectivity index (χ4n) is 13.0. The lowest BCUT2D eigenvalue weighted by Gasteiger charge is -2.21. The van der Waals surface area contributed by atoms with E-state index in [9.17, 15) is 43.2 Å². The van der Waals surface area contributed by atoms with Gasteiger partial charge in [0.2, 0.25) is 0 Å². The third kappa shape index (κ3) is 76.3. The maximum atomic E-state index is 13.1. The average molecular weight is 1490 g/mol. The van der Waals surface area contributed by atoms with Crippen molar-refractivity contribution in [3.63, 3.8) is 0 Å². The number of ether oxygens (including phenoxy) is 4.